The summed E-state index contributed by atoms with van der Waals surface area (Å²) in [5.41, 5.74) is 8.59. The predicted molar refractivity (Wildman–Crippen MR) is 114 cm³/mol. The first kappa shape index (κ1) is 20.3. The lowest BCUT2D eigenvalue weighted by molar-refractivity contribution is -0.122. The van der Waals surface area contributed by atoms with E-state index in [1.165, 1.54) is 0 Å². The molecular formula is C22H28N6O2. The standard InChI is InChI=1S/C22H28N6O2/c1-15-18(22(27-24-15)16-8-10-17(30-2)11-9-16)14-21(29)23-12-5-7-20-26-25-19-6-3-4-13-28(19)20/h3-4,6,8-11,13,15,18,22,24,27H,5,7,12,14H2,1-2H3,(H,23,29). The van der Waals surface area contributed by atoms with Crippen LogP contribution in [0.3, 0.4) is 0 Å². The summed E-state index contributed by atoms with van der Waals surface area (Å²) in [6, 6.07) is 14.1. The Morgan fingerprint density at radius 2 is 2.00 bits per heavy atom. The lowest BCUT2D eigenvalue weighted by Gasteiger charge is -2.21. The zero-order valence-electron chi connectivity index (χ0n) is 17.3. The summed E-state index contributed by atoms with van der Waals surface area (Å²) in [4.78, 5) is 12.6. The molecule has 1 aromatic carbocycles. The largest absolute Gasteiger partial charge is 0.497 e. The van der Waals surface area contributed by atoms with Gasteiger partial charge in [0.1, 0.15) is 11.6 Å². The van der Waals surface area contributed by atoms with Crippen LogP contribution in [0.2, 0.25) is 0 Å². The van der Waals surface area contributed by atoms with Crippen molar-refractivity contribution >= 4 is 11.6 Å². The Labute approximate surface area is 176 Å². The molecule has 1 saturated heterocycles. The molecule has 3 aromatic rings. The van der Waals surface area contributed by atoms with Crippen molar-refractivity contribution in [3.8, 4) is 5.75 Å². The molecule has 0 radical (unpaired) electrons. The summed E-state index contributed by atoms with van der Waals surface area (Å²) in [6.45, 7) is 2.72. The Hall–Kier alpha value is -2.97. The van der Waals surface area contributed by atoms with E-state index in [0.29, 0.717) is 13.0 Å². The van der Waals surface area contributed by atoms with Gasteiger partial charge in [0.15, 0.2) is 5.65 Å². The van der Waals surface area contributed by atoms with Gasteiger partial charge < -0.3 is 10.1 Å². The molecule has 0 saturated carbocycles. The maximum Gasteiger partial charge on any atom is 0.220 e. The van der Waals surface area contributed by atoms with Crippen LogP contribution in [0.15, 0.2) is 48.7 Å². The molecule has 1 amide bonds. The molecule has 8 nitrogen and oxygen atoms in total. The Morgan fingerprint density at radius 3 is 2.80 bits per heavy atom. The van der Waals surface area contributed by atoms with Crippen molar-refractivity contribution in [3.05, 3.63) is 60.0 Å². The maximum absolute atomic E-state index is 12.6. The number of methoxy groups -OCH3 is 1. The number of rotatable bonds is 8. The number of hydrogen-bond acceptors (Lipinski definition) is 6. The van der Waals surface area contributed by atoms with E-state index in [-0.39, 0.29) is 23.9 Å². The van der Waals surface area contributed by atoms with Gasteiger partial charge in [0, 0.05) is 37.5 Å². The van der Waals surface area contributed by atoms with E-state index in [1.54, 1.807) is 7.11 Å². The van der Waals surface area contributed by atoms with Crippen LogP contribution in [-0.4, -0.2) is 40.2 Å². The molecule has 0 spiro atoms. The Morgan fingerprint density at radius 1 is 1.17 bits per heavy atom. The zero-order valence-corrected chi connectivity index (χ0v) is 17.3. The molecule has 2 aromatic heterocycles. The summed E-state index contributed by atoms with van der Waals surface area (Å²) in [5.74, 6) is 1.98. The number of carbonyl (C=O) groups excluding carboxylic acids is 1. The lowest BCUT2D eigenvalue weighted by Crippen LogP contribution is -2.32. The van der Waals surface area contributed by atoms with Crippen LogP contribution in [0.1, 0.15) is 37.2 Å². The van der Waals surface area contributed by atoms with Crippen molar-refractivity contribution in [2.75, 3.05) is 13.7 Å². The lowest BCUT2D eigenvalue weighted by atomic mass is 9.87. The molecule has 8 heteroatoms. The molecule has 30 heavy (non-hydrogen) atoms. The van der Waals surface area contributed by atoms with Gasteiger partial charge in [-0.25, -0.2) is 5.43 Å². The smallest absolute Gasteiger partial charge is 0.220 e. The molecule has 1 aliphatic heterocycles. The average Bonchev–Trinajstić information content (AvgIpc) is 3.35. The third-order valence-corrected chi connectivity index (χ3v) is 5.72. The highest BCUT2D eigenvalue weighted by Gasteiger charge is 2.35. The molecular weight excluding hydrogens is 380 g/mol. The number of ether oxygens (including phenoxy) is 1. The Balaban J connectivity index is 1.28. The number of nitrogens with one attached hydrogen (secondary N) is 3. The number of hydrazine groups is 1. The summed E-state index contributed by atoms with van der Waals surface area (Å²) in [6.07, 6.45) is 4.01. The first-order chi connectivity index (χ1) is 14.7. The number of carbonyl (C=O) groups is 1. The monoisotopic (exact) mass is 408 g/mol. The molecule has 4 rings (SSSR count). The predicted octanol–water partition coefficient (Wildman–Crippen LogP) is 2.03. The fourth-order valence-electron chi connectivity index (χ4n) is 3.98. The van der Waals surface area contributed by atoms with E-state index in [1.807, 2.05) is 53.1 Å². The molecule has 0 bridgehead atoms. The molecule has 1 fully saturated rings. The highest BCUT2D eigenvalue weighted by atomic mass is 16.5. The van der Waals surface area contributed by atoms with Gasteiger partial charge in [0.2, 0.25) is 5.91 Å². The van der Waals surface area contributed by atoms with Crippen molar-refractivity contribution in [3.63, 3.8) is 0 Å². The summed E-state index contributed by atoms with van der Waals surface area (Å²) in [7, 11) is 1.66. The molecule has 1 aliphatic rings. The first-order valence-corrected chi connectivity index (χ1v) is 10.4. The van der Waals surface area contributed by atoms with Crippen LogP contribution >= 0.6 is 0 Å². The van der Waals surface area contributed by atoms with Gasteiger partial charge in [-0.05, 0) is 43.2 Å². The minimum absolute atomic E-state index is 0.0713. The number of nitrogens with zero attached hydrogens (tertiary/aromatic N) is 3. The minimum Gasteiger partial charge on any atom is -0.497 e. The quantitative estimate of drug-likeness (QED) is 0.494. The number of fused-ring (bicyclic) bond motifs is 1. The third kappa shape index (κ3) is 4.44. The summed E-state index contributed by atoms with van der Waals surface area (Å²) in [5, 5.41) is 11.5. The zero-order chi connectivity index (χ0) is 20.9. The van der Waals surface area contributed by atoms with Crippen molar-refractivity contribution in [2.45, 2.75) is 38.3 Å². The highest BCUT2D eigenvalue weighted by Crippen LogP contribution is 2.32. The van der Waals surface area contributed by atoms with E-state index in [9.17, 15) is 4.79 Å². The third-order valence-electron chi connectivity index (χ3n) is 5.72. The fraction of sp³-hybridized carbons (Fsp3) is 0.409. The number of pyridine rings is 1. The second kappa shape index (κ2) is 9.23. The van der Waals surface area contributed by atoms with E-state index in [2.05, 4.69) is 33.3 Å². The molecule has 3 atom stereocenters. The van der Waals surface area contributed by atoms with Crippen LogP contribution in [0.4, 0.5) is 0 Å². The van der Waals surface area contributed by atoms with Gasteiger partial charge >= 0.3 is 0 Å². The molecule has 3 N–H and O–H groups in total. The average molecular weight is 409 g/mol. The number of benzene rings is 1. The van der Waals surface area contributed by atoms with E-state index >= 15 is 0 Å². The van der Waals surface area contributed by atoms with Crippen molar-refractivity contribution < 1.29 is 9.53 Å². The minimum atomic E-state index is 0.0713. The topological polar surface area (TPSA) is 92.6 Å². The Kier molecular flexibility index (Phi) is 6.25. The van der Waals surface area contributed by atoms with E-state index in [0.717, 1.165) is 35.6 Å². The van der Waals surface area contributed by atoms with Gasteiger partial charge in [-0.1, -0.05) is 18.2 Å². The van der Waals surface area contributed by atoms with Crippen LogP contribution in [0, 0.1) is 5.92 Å². The number of aromatic nitrogens is 3. The molecule has 3 unspecified atom stereocenters. The fourth-order valence-corrected chi connectivity index (χ4v) is 3.98. The van der Waals surface area contributed by atoms with Crippen molar-refractivity contribution in [1.29, 1.82) is 0 Å². The van der Waals surface area contributed by atoms with Crippen LogP contribution in [0.5, 0.6) is 5.75 Å². The van der Waals surface area contributed by atoms with Crippen molar-refractivity contribution in [1.82, 2.24) is 30.8 Å². The number of hydrogen-bond donors (Lipinski definition) is 3. The molecule has 3 heterocycles. The molecule has 158 valence electrons. The second-order valence-corrected chi connectivity index (χ2v) is 7.69. The van der Waals surface area contributed by atoms with Gasteiger partial charge in [-0.15, -0.1) is 10.2 Å². The summed E-state index contributed by atoms with van der Waals surface area (Å²) < 4.78 is 7.22. The maximum atomic E-state index is 12.6. The van der Waals surface area contributed by atoms with Gasteiger partial charge in [-0.2, -0.15) is 0 Å². The van der Waals surface area contributed by atoms with E-state index < -0.39 is 0 Å². The second-order valence-electron chi connectivity index (χ2n) is 7.69. The first-order valence-electron chi connectivity index (χ1n) is 10.4. The highest BCUT2D eigenvalue weighted by molar-refractivity contribution is 5.76. The SMILES string of the molecule is COc1ccc(C2NNC(C)C2CC(=O)NCCCc2nnc3ccccn23)cc1. The van der Waals surface area contributed by atoms with Crippen LogP contribution in [0.25, 0.3) is 5.65 Å². The van der Waals surface area contributed by atoms with Crippen molar-refractivity contribution in [2.24, 2.45) is 5.92 Å². The van der Waals surface area contributed by atoms with Gasteiger partial charge in [0.25, 0.3) is 0 Å². The summed E-state index contributed by atoms with van der Waals surface area (Å²) >= 11 is 0. The molecule has 0 aliphatic carbocycles. The van der Waals surface area contributed by atoms with Gasteiger partial charge in [-0.3, -0.25) is 14.6 Å². The normalized spacial score (nSPS) is 21.1. The van der Waals surface area contributed by atoms with Crippen LogP contribution < -0.4 is 20.9 Å². The number of aryl methyl sites for hydroxylation is 1. The van der Waals surface area contributed by atoms with Crippen LogP contribution in [-0.2, 0) is 11.2 Å². The Bertz CT molecular complexity index is 987. The number of amides is 1. The van der Waals surface area contributed by atoms with E-state index in [4.69, 9.17) is 4.74 Å². The van der Waals surface area contributed by atoms with Gasteiger partial charge in [0.05, 0.1) is 13.2 Å².